The molecular formula is C12H14FNO3S2. The molecule has 2 rings (SSSR count). The van der Waals surface area contributed by atoms with Crippen LogP contribution in [-0.4, -0.2) is 37.6 Å². The van der Waals surface area contributed by atoms with Gasteiger partial charge in [-0.25, -0.2) is 12.8 Å². The van der Waals surface area contributed by atoms with E-state index in [0.717, 1.165) is 0 Å². The lowest BCUT2D eigenvalue weighted by atomic mass is 10.2. The predicted molar refractivity (Wildman–Crippen MR) is 74.8 cm³/mol. The molecule has 0 N–H and O–H groups in total. The lowest BCUT2D eigenvalue weighted by Gasteiger charge is -2.27. The zero-order chi connectivity index (χ0) is 14.0. The van der Waals surface area contributed by atoms with Gasteiger partial charge in [-0.2, -0.15) is 12.6 Å². The largest absolute Gasteiger partial charge is 0.308 e. The minimum atomic E-state index is -3.09. The van der Waals surface area contributed by atoms with Crippen LogP contribution in [0.25, 0.3) is 0 Å². The molecule has 1 aromatic carbocycles. The predicted octanol–water partition coefficient (Wildman–Crippen LogP) is 1.28. The minimum Gasteiger partial charge on any atom is -0.308 e. The highest BCUT2D eigenvalue weighted by Gasteiger charge is 2.35. The van der Waals surface area contributed by atoms with E-state index in [-0.39, 0.29) is 23.2 Å². The van der Waals surface area contributed by atoms with E-state index in [1.807, 2.05) is 0 Å². The summed E-state index contributed by atoms with van der Waals surface area (Å²) in [5.41, 5.74) is 0.502. The first-order valence-electron chi connectivity index (χ1n) is 5.82. The number of amides is 1. The number of thiol groups is 1. The van der Waals surface area contributed by atoms with Gasteiger partial charge in [0.15, 0.2) is 9.84 Å². The van der Waals surface area contributed by atoms with Gasteiger partial charge in [0.05, 0.1) is 23.3 Å². The van der Waals surface area contributed by atoms with Crippen molar-refractivity contribution in [1.82, 2.24) is 0 Å². The van der Waals surface area contributed by atoms with E-state index < -0.39 is 21.7 Å². The third-order valence-corrected chi connectivity index (χ3v) is 5.10. The number of anilines is 1. The molecule has 1 aromatic rings. The Balaban J connectivity index is 2.32. The van der Waals surface area contributed by atoms with Crippen LogP contribution < -0.4 is 4.90 Å². The highest BCUT2D eigenvalue weighted by Crippen LogP contribution is 2.25. The summed E-state index contributed by atoms with van der Waals surface area (Å²) >= 11 is 3.95. The van der Waals surface area contributed by atoms with Crippen molar-refractivity contribution in [1.29, 1.82) is 0 Å². The second-order valence-corrected chi connectivity index (χ2v) is 7.00. The Morgan fingerprint density at radius 1 is 1.37 bits per heavy atom. The van der Waals surface area contributed by atoms with E-state index in [0.29, 0.717) is 12.1 Å². The fourth-order valence-corrected chi connectivity index (χ4v) is 4.07. The van der Waals surface area contributed by atoms with Crippen LogP contribution in [-0.2, 0) is 14.6 Å². The number of carbonyl (C=O) groups is 1. The van der Waals surface area contributed by atoms with Crippen molar-refractivity contribution >= 4 is 34.1 Å². The summed E-state index contributed by atoms with van der Waals surface area (Å²) in [7, 11) is -3.09. The van der Waals surface area contributed by atoms with Gasteiger partial charge in [-0.15, -0.1) is 0 Å². The van der Waals surface area contributed by atoms with E-state index in [4.69, 9.17) is 0 Å². The minimum absolute atomic E-state index is 0.0199. The molecule has 0 aliphatic carbocycles. The Hall–Kier alpha value is -1.08. The number of benzene rings is 1. The molecule has 1 aliphatic rings. The maximum atomic E-state index is 12.9. The molecule has 1 fully saturated rings. The zero-order valence-corrected chi connectivity index (χ0v) is 11.8. The van der Waals surface area contributed by atoms with Gasteiger partial charge in [-0.05, 0) is 30.7 Å². The third kappa shape index (κ3) is 3.27. The van der Waals surface area contributed by atoms with Crippen LogP contribution in [0, 0.1) is 5.82 Å². The summed E-state index contributed by atoms with van der Waals surface area (Å²) in [4.78, 5) is 13.4. The van der Waals surface area contributed by atoms with Crippen molar-refractivity contribution in [3.05, 3.63) is 30.1 Å². The Bertz CT molecular complexity index is 571. The maximum Gasteiger partial charge on any atom is 0.236 e. The smallest absolute Gasteiger partial charge is 0.236 e. The monoisotopic (exact) mass is 303 g/mol. The molecule has 4 nitrogen and oxygen atoms in total. The van der Waals surface area contributed by atoms with Gasteiger partial charge < -0.3 is 4.90 Å². The van der Waals surface area contributed by atoms with Gasteiger partial charge in [0.25, 0.3) is 0 Å². The molecule has 0 bridgehead atoms. The quantitative estimate of drug-likeness (QED) is 0.856. The van der Waals surface area contributed by atoms with Crippen molar-refractivity contribution in [2.45, 2.75) is 12.5 Å². The molecule has 0 radical (unpaired) electrons. The molecule has 0 aromatic heterocycles. The lowest BCUT2D eigenvalue weighted by Crippen LogP contribution is -2.42. The average Bonchev–Trinajstić information content (AvgIpc) is 2.72. The molecule has 0 spiro atoms. The molecule has 104 valence electrons. The molecule has 1 atom stereocenters. The Labute approximate surface area is 116 Å². The van der Waals surface area contributed by atoms with Crippen molar-refractivity contribution < 1.29 is 17.6 Å². The normalized spacial score (nSPS) is 21.3. The SMILES string of the molecule is O=C(CS)N(c1ccc(F)cc1)[C@@H]1CCS(=O)(=O)C1. The molecule has 7 heteroatoms. The van der Waals surface area contributed by atoms with Gasteiger partial charge in [0.1, 0.15) is 5.82 Å². The van der Waals surface area contributed by atoms with Gasteiger partial charge in [0.2, 0.25) is 5.91 Å². The van der Waals surface area contributed by atoms with Crippen molar-refractivity contribution in [2.24, 2.45) is 0 Å². The summed E-state index contributed by atoms with van der Waals surface area (Å²) < 4.78 is 36.0. The Kier molecular flexibility index (Phi) is 4.15. The maximum absolute atomic E-state index is 12.9. The number of rotatable bonds is 3. The molecule has 0 saturated carbocycles. The average molecular weight is 303 g/mol. The van der Waals surface area contributed by atoms with Crippen molar-refractivity contribution in [3.63, 3.8) is 0 Å². The van der Waals surface area contributed by atoms with E-state index in [1.54, 1.807) is 0 Å². The molecule has 1 saturated heterocycles. The number of hydrogen-bond acceptors (Lipinski definition) is 4. The van der Waals surface area contributed by atoms with Crippen molar-refractivity contribution in [2.75, 3.05) is 22.2 Å². The summed E-state index contributed by atoms with van der Waals surface area (Å²) in [6, 6.07) is 5.05. The highest BCUT2D eigenvalue weighted by atomic mass is 32.2. The molecule has 0 unspecified atom stereocenters. The zero-order valence-electron chi connectivity index (χ0n) is 10.1. The summed E-state index contributed by atoms with van der Waals surface area (Å²) in [6.45, 7) is 0. The van der Waals surface area contributed by atoms with Crippen LogP contribution in [0.5, 0.6) is 0 Å². The number of carbonyl (C=O) groups excluding carboxylic acids is 1. The fourth-order valence-electron chi connectivity index (χ4n) is 2.22. The van der Waals surface area contributed by atoms with Gasteiger partial charge in [0, 0.05) is 5.69 Å². The standard InChI is InChI=1S/C12H14FNO3S2/c13-9-1-3-10(4-2-9)14(12(15)7-18)11-5-6-19(16,17)8-11/h1-4,11,18H,5-8H2/t11-/m1/s1. The van der Waals surface area contributed by atoms with E-state index in [9.17, 15) is 17.6 Å². The first-order chi connectivity index (χ1) is 8.93. The summed E-state index contributed by atoms with van der Waals surface area (Å²) in [6.07, 6.45) is 0.402. The van der Waals surface area contributed by atoms with Crippen molar-refractivity contribution in [3.8, 4) is 0 Å². The second kappa shape index (κ2) is 5.50. The van der Waals surface area contributed by atoms with Crippen LogP contribution in [0.4, 0.5) is 10.1 Å². The number of sulfone groups is 1. The second-order valence-electron chi connectivity index (χ2n) is 4.46. The number of hydrogen-bond donors (Lipinski definition) is 1. The van der Waals surface area contributed by atoms with Gasteiger partial charge in [-0.1, -0.05) is 0 Å². The molecular weight excluding hydrogens is 289 g/mol. The van der Waals surface area contributed by atoms with Gasteiger partial charge >= 0.3 is 0 Å². The molecule has 19 heavy (non-hydrogen) atoms. The fraction of sp³-hybridized carbons (Fsp3) is 0.417. The molecule has 1 amide bonds. The summed E-state index contributed by atoms with van der Waals surface area (Å²) in [5, 5.41) is 0. The topological polar surface area (TPSA) is 54.5 Å². The lowest BCUT2D eigenvalue weighted by molar-refractivity contribution is -0.116. The molecule has 1 heterocycles. The molecule has 1 aliphatic heterocycles. The highest BCUT2D eigenvalue weighted by molar-refractivity contribution is 7.91. The first kappa shape index (κ1) is 14.3. The Morgan fingerprint density at radius 2 is 2.00 bits per heavy atom. The van der Waals surface area contributed by atoms with E-state index in [1.165, 1.54) is 29.2 Å². The number of nitrogens with zero attached hydrogens (tertiary/aromatic N) is 1. The van der Waals surface area contributed by atoms with E-state index >= 15 is 0 Å². The van der Waals surface area contributed by atoms with Crippen LogP contribution in [0.2, 0.25) is 0 Å². The van der Waals surface area contributed by atoms with Crippen LogP contribution in [0.15, 0.2) is 24.3 Å². The first-order valence-corrected chi connectivity index (χ1v) is 8.27. The Morgan fingerprint density at radius 3 is 2.47 bits per heavy atom. The third-order valence-electron chi connectivity index (χ3n) is 3.08. The van der Waals surface area contributed by atoms with E-state index in [2.05, 4.69) is 12.6 Å². The number of halogens is 1. The van der Waals surface area contributed by atoms with Crippen LogP contribution >= 0.6 is 12.6 Å². The van der Waals surface area contributed by atoms with Gasteiger partial charge in [-0.3, -0.25) is 4.79 Å². The van der Waals surface area contributed by atoms with Crippen LogP contribution in [0.1, 0.15) is 6.42 Å². The van der Waals surface area contributed by atoms with Crippen LogP contribution in [0.3, 0.4) is 0 Å². The summed E-state index contributed by atoms with van der Waals surface area (Å²) in [5.74, 6) is -0.675.